The maximum Gasteiger partial charge on any atom is 0.0485 e. The second-order valence-electron chi connectivity index (χ2n) is 5.07. The number of likely N-dealkylation sites (N-methyl/N-ethyl adjacent to an activating group) is 1. The number of hydrogen-bond donors (Lipinski definition) is 1. The third-order valence-corrected chi connectivity index (χ3v) is 3.70. The van der Waals surface area contributed by atoms with Gasteiger partial charge in [-0.25, -0.2) is 0 Å². The Labute approximate surface area is 120 Å². The highest BCUT2D eigenvalue weighted by Crippen LogP contribution is 2.21. The van der Waals surface area contributed by atoms with Gasteiger partial charge in [-0.05, 0) is 55.3 Å². The Morgan fingerprint density at radius 2 is 1.85 bits per heavy atom. The summed E-state index contributed by atoms with van der Waals surface area (Å²) in [5.41, 5.74) is 9.72. The summed E-state index contributed by atoms with van der Waals surface area (Å²) in [5.74, 6) is 0. The van der Waals surface area contributed by atoms with Gasteiger partial charge in [-0.2, -0.15) is 0 Å². The fourth-order valence-electron chi connectivity index (χ4n) is 2.38. The van der Waals surface area contributed by atoms with Crippen molar-refractivity contribution in [3.05, 3.63) is 59.7 Å². The van der Waals surface area contributed by atoms with Gasteiger partial charge in [0, 0.05) is 43.9 Å². The van der Waals surface area contributed by atoms with Gasteiger partial charge in [0.1, 0.15) is 0 Å². The maximum atomic E-state index is 5.96. The van der Waals surface area contributed by atoms with Gasteiger partial charge in [0.15, 0.2) is 0 Å². The lowest BCUT2D eigenvalue weighted by atomic mass is 10.0. The summed E-state index contributed by atoms with van der Waals surface area (Å²) in [6.07, 6.45) is 8.41. The van der Waals surface area contributed by atoms with Crippen LogP contribution in [0.4, 0.5) is 0 Å². The molecule has 2 N–H and O–H groups in total. The molecule has 0 amide bonds. The molecule has 0 aromatic carbocycles. The molecule has 4 heteroatoms. The van der Waals surface area contributed by atoms with Gasteiger partial charge in [-0.3, -0.25) is 14.9 Å². The minimum Gasteiger partial charge on any atom is -0.329 e. The first-order valence-corrected chi connectivity index (χ1v) is 6.92. The van der Waals surface area contributed by atoms with Crippen molar-refractivity contribution in [2.75, 3.05) is 20.1 Å². The van der Waals surface area contributed by atoms with E-state index in [4.69, 9.17) is 5.73 Å². The van der Waals surface area contributed by atoms with Crippen molar-refractivity contribution < 1.29 is 0 Å². The topological polar surface area (TPSA) is 55.0 Å². The average Bonchev–Trinajstić information content (AvgIpc) is 2.49. The van der Waals surface area contributed by atoms with Crippen LogP contribution in [0.5, 0.6) is 0 Å². The van der Waals surface area contributed by atoms with E-state index in [-0.39, 0.29) is 6.04 Å². The molecule has 2 aromatic heterocycles. The highest BCUT2D eigenvalue weighted by Gasteiger charge is 2.17. The van der Waals surface area contributed by atoms with Crippen LogP contribution in [0.2, 0.25) is 0 Å². The molecule has 0 saturated carbocycles. The van der Waals surface area contributed by atoms with Crippen LogP contribution in [0.15, 0.2) is 43.0 Å². The summed E-state index contributed by atoms with van der Waals surface area (Å²) in [6, 6.07) is 6.36. The number of pyridine rings is 2. The van der Waals surface area contributed by atoms with Crippen molar-refractivity contribution in [1.82, 2.24) is 14.9 Å². The number of nitrogens with two attached hydrogens (primary N) is 1. The first-order chi connectivity index (χ1) is 9.72. The van der Waals surface area contributed by atoms with Crippen LogP contribution >= 0.6 is 0 Å². The molecule has 0 bridgehead atoms. The quantitative estimate of drug-likeness (QED) is 0.872. The average molecular weight is 270 g/mol. The third kappa shape index (κ3) is 3.62. The van der Waals surface area contributed by atoms with Crippen molar-refractivity contribution in [3.63, 3.8) is 0 Å². The molecule has 2 heterocycles. The summed E-state index contributed by atoms with van der Waals surface area (Å²) in [6.45, 7) is 3.66. The molecule has 0 spiro atoms. The molecule has 0 aliphatic carbocycles. The molecule has 0 radical (unpaired) electrons. The van der Waals surface area contributed by atoms with E-state index in [2.05, 4.69) is 41.0 Å². The van der Waals surface area contributed by atoms with Crippen molar-refractivity contribution in [2.45, 2.75) is 19.4 Å². The van der Waals surface area contributed by atoms with Crippen LogP contribution in [0.1, 0.15) is 22.7 Å². The van der Waals surface area contributed by atoms with Crippen molar-refractivity contribution >= 4 is 0 Å². The number of hydrogen-bond acceptors (Lipinski definition) is 4. The van der Waals surface area contributed by atoms with Crippen molar-refractivity contribution in [1.29, 1.82) is 0 Å². The molecular formula is C16H22N4. The van der Waals surface area contributed by atoms with Gasteiger partial charge in [-0.1, -0.05) is 0 Å². The molecule has 0 aliphatic heterocycles. The van der Waals surface area contributed by atoms with Crippen molar-refractivity contribution in [3.8, 4) is 0 Å². The normalized spacial score (nSPS) is 12.6. The Balaban J connectivity index is 2.03. The Morgan fingerprint density at radius 3 is 2.50 bits per heavy atom. The third-order valence-electron chi connectivity index (χ3n) is 3.70. The number of rotatable bonds is 6. The van der Waals surface area contributed by atoms with Gasteiger partial charge in [0.05, 0.1) is 0 Å². The minimum absolute atomic E-state index is 0.213. The van der Waals surface area contributed by atoms with E-state index in [1.807, 2.05) is 30.9 Å². The lowest BCUT2D eigenvalue weighted by molar-refractivity contribution is 0.252. The zero-order valence-corrected chi connectivity index (χ0v) is 12.2. The van der Waals surface area contributed by atoms with Gasteiger partial charge in [0.2, 0.25) is 0 Å². The molecular weight excluding hydrogens is 248 g/mol. The molecule has 106 valence electrons. The predicted octanol–water partition coefficient (Wildman–Crippen LogP) is 1.96. The first-order valence-electron chi connectivity index (χ1n) is 6.92. The lowest BCUT2D eigenvalue weighted by Gasteiger charge is -2.28. The van der Waals surface area contributed by atoms with Crippen LogP contribution in [0, 0.1) is 6.92 Å². The van der Waals surface area contributed by atoms with E-state index < -0.39 is 0 Å². The fraction of sp³-hybridized carbons (Fsp3) is 0.375. The second kappa shape index (κ2) is 7.12. The summed E-state index contributed by atoms with van der Waals surface area (Å²) in [4.78, 5) is 10.6. The van der Waals surface area contributed by atoms with Crippen LogP contribution in [-0.4, -0.2) is 35.0 Å². The fourth-order valence-corrected chi connectivity index (χ4v) is 2.38. The van der Waals surface area contributed by atoms with Gasteiger partial charge in [0.25, 0.3) is 0 Å². The standard InChI is InChI=1S/C16H22N4/c1-13-3-7-19-12-15(13)16(11-17)20(2)10-6-14-4-8-18-9-5-14/h3-5,7-9,12,16H,6,10-11,17H2,1-2H3. The zero-order chi connectivity index (χ0) is 14.4. The summed E-state index contributed by atoms with van der Waals surface area (Å²) >= 11 is 0. The molecule has 4 nitrogen and oxygen atoms in total. The van der Waals surface area contributed by atoms with E-state index in [1.165, 1.54) is 16.7 Å². The van der Waals surface area contributed by atoms with E-state index in [1.54, 1.807) is 0 Å². The maximum absolute atomic E-state index is 5.96. The van der Waals surface area contributed by atoms with Crippen LogP contribution in [0.25, 0.3) is 0 Å². The van der Waals surface area contributed by atoms with Gasteiger partial charge >= 0.3 is 0 Å². The van der Waals surface area contributed by atoms with Crippen LogP contribution < -0.4 is 5.73 Å². The molecule has 20 heavy (non-hydrogen) atoms. The largest absolute Gasteiger partial charge is 0.329 e. The number of aryl methyl sites for hydroxylation is 1. The molecule has 0 aliphatic rings. The Bertz CT molecular complexity index is 527. The SMILES string of the molecule is Cc1ccncc1C(CN)N(C)CCc1ccncc1. The monoisotopic (exact) mass is 270 g/mol. The lowest BCUT2D eigenvalue weighted by Crippen LogP contribution is -2.32. The Morgan fingerprint density at radius 1 is 1.15 bits per heavy atom. The highest BCUT2D eigenvalue weighted by atomic mass is 15.1. The van der Waals surface area contributed by atoms with E-state index in [9.17, 15) is 0 Å². The zero-order valence-electron chi connectivity index (χ0n) is 12.2. The molecule has 2 aromatic rings. The van der Waals surface area contributed by atoms with E-state index in [0.717, 1.165) is 13.0 Å². The van der Waals surface area contributed by atoms with Crippen LogP contribution in [-0.2, 0) is 6.42 Å². The van der Waals surface area contributed by atoms with Crippen molar-refractivity contribution in [2.24, 2.45) is 5.73 Å². The molecule has 1 atom stereocenters. The molecule has 2 rings (SSSR count). The minimum atomic E-state index is 0.213. The number of nitrogens with zero attached hydrogens (tertiary/aromatic N) is 3. The summed E-state index contributed by atoms with van der Waals surface area (Å²) in [5, 5.41) is 0. The second-order valence-corrected chi connectivity index (χ2v) is 5.07. The smallest absolute Gasteiger partial charge is 0.0485 e. The molecule has 0 fully saturated rings. The van der Waals surface area contributed by atoms with Gasteiger partial charge < -0.3 is 5.73 Å². The Hall–Kier alpha value is -1.78. The predicted molar refractivity (Wildman–Crippen MR) is 81.3 cm³/mol. The summed E-state index contributed by atoms with van der Waals surface area (Å²) < 4.78 is 0. The van der Waals surface area contributed by atoms with Gasteiger partial charge in [-0.15, -0.1) is 0 Å². The van der Waals surface area contributed by atoms with E-state index >= 15 is 0 Å². The first kappa shape index (κ1) is 14.6. The van der Waals surface area contributed by atoms with Crippen LogP contribution in [0.3, 0.4) is 0 Å². The molecule has 1 unspecified atom stereocenters. The Kier molecular flexibility index (Phi) is 5.21. The highest BCUT2D eigenvalue weighted by molar-refractivity contribution is 5.25. The summed E-state index contributed by atoms with van der Waals surface area (Å²) in [7, 11) is 2.12. The number of aromatic nitrogens is 2. The molecule has 0 saturated heterocycles. The van der Waals surface area contributed by atoms with E-state index in [0.29, 0.717) is 6.54 Å².